The largest absolute Gasteiger partial charge is 0.337 e. The van der Waals surface area contributed by atoms with Crippen LogP contribution in [0.15, 0.2) is 30.3 Å². The van der Waals surface area contributed by atoms with Crippen LogP contribution in [0.1, 0.15) is 57.8 Å². The Bertz CT molecular complexity index is 834. The van der Waals surface area contributed by atoms with E-state index in [0.29, 0.717) is 31.0 Å². The zero-order valence-electron chi connectivity index (χ0n) is 15.9. The van der Waals surface area contributed by atoms with Crippen molar-refractivity contribution in [3.05, 3.63) is 52.8 Å². The van der Waals surface area contributed by atoms with Crippen LogP contribution in [0, 0.1) is 6.92 Å². The van der Waals surface area contributed by atoms with E-state index in [4.69, 9.17) is 0 Å². The number of fused-ring (bicyclic) bond motifs is 1. The van der Waals surface area contributed by atoms with Crippen molar-refractivity contribution in [1.82, 2.24) is 19.6 Å². The summed E-state index contributed by atoms with van der Waals surface area (Å²) >= 11 is 0. The van der Waals surface area contributed by atoms with Crippen LogP contribution in [-0.2, 0) is 13.1 Å². The van der Waals surface area contributed by atoms with E-state index < -0.39 is 0 Å². The second-order valence-electron chi connectivity index (χ2n) is 7.56. The molecule has 4 rings (SSSR count). The van der Waals surface area contributed by atoms with E-state index in [1.165, 1.54) is 12.0 Å². The van der Waals surface area contributed by atoms with Crippen molar-refractivity contribution < 1.29 is 9.59 Å². The molecule has 6 heteroatoms. The van der Waals surface area contributed by atoms with Crippen molar-refractivity contribution in [2.45, 2.75) is 45.7 Å². The number of hydrogen-bond donors (Lipinski definition) is 0. The molecule has 0 radical (unpaired) electrons. The predicted octanol–water partition coefficient (Wildman–Crippen LogP) is 2.86. The molecule has 1 fully saturated rings. The zero-order valence-corrected chi connectivity index (χ0v) is 15.9. The number of carbonyl (C=O) groups is 2. The second kappa shape index (κ2) is 7.55. The van der Waals surface area contributed by atoms with E-state index in [-0.39, 0.29) is 11.8 Å². The molecule has 1 aromatic heterocycles. The number of benzene rings is 1. The fraction of sp³-hybridized carbons (Fsp3) is 0.476. The minimum Gasteiger partial charge on any atom is -0.337 e. The smallest absolute Gasteiger partial charge is 0.274 e. The van der Waals surface area contributed by atoms with Gasteiger partial charge in [-0.3, -0.25) is 14.3 Å². The maximum absolute atomic E-state index is 13.1. The van der Waals surface area contributed by atoms with Crippen molar-refractivity contribution in [2.75, 3.05) is 19.6 Å². The molecule has 6 nitrogen and oxygen atoms in total. The van der Waals surface area contributed by atoms with E-state index in [9.17, 15) is 9.59 Å². The summed E-state index contributed by atoms with van der Waals surface area (Å²) in [5.41, 5.74) is 3.25. The van der Waals surface area contributed by atoms with Crippen molar-refractivity contribution in [2.24, 2.45) is 0 Å². The normalized spacial score (nSPS) is 17.6. The lowest BCUT2D eigenvalue weighted by molar-refractivity contribution is 0.0717. The summed E-state index contributed by atoms with van der Waals surface area (Å²) in [6.45, 7) is 5.58. The number of likely N-dealkylation sites (tertiary alicyclic amines) is 1. The minimum absolute atomic E-state index is 0.0433. The van der Waals surface area contributed by atoms with E-state index in [0.717, 1.165) is 37.9 Å². The number of rotatable bonds is 3. The molecule has 0 spiro atoms. The van der Waals surface area contributed by atoms with E-state index >= 15 is 0 Å². The first-order valence-electron chi connectivity index (χ1n) is 9.84. The molecule has 0 bridgehead atoms. The Kier molecular flexibility index (Phi) is 4.97. The summed E-state index contributed by atoms with van der Waals surface area (Å²) in [7, 11) is 0. The lowest BCUT2D eigenvalue weighted by Gasteiger charge is -2.25. The van der Waals surface area contributed by atoms with Gasteiger partial charge in [0.2, 0.25) is 0 Å². The van der Waals surface area contributed by atoms with Gasteiger partial charge >= 0.3 is 0 Å². The predicted molar refractivity (Wildman–Crippen MR) is 103 cm³/mol. The topological polar surface area (TPSA) is 58.4 Å². The minimum atomic E-state index is -0.0480. The van der Waals surface area contributed by atoms with Crippen LogP contribution in [-0.4, -0.2) is 51.0 Å². The third-order valence-electron chi connectivity index (χ3n) is 5.44. The summed E-state index contributed by atoms with van der Waals surface area (Å²) in [5, 5.41) is 4.47. The Morgan fingerprint density at radius 2 is 1.74 bits per heavy atom. The highest BCUT2D eigenvalue weighted by Crippen LogP contribution is 2.19. The van der Waals surface area contributed by atoms with Gasteiger partial charge in [0.1, 0.15) is 5.69 Å². The van der Waals surface area contributed by atoms with Gasteiger partial charge in [-0.1, -0.05) is 29.8 Å². The Balaban J connectivity index is 1.53. The number of carbonyl (C=O) groups excluding carboxylic acids is 2. The lowest BCUT2D eigenvalue weighted by atomic mass is 10.1. The van der Waals surface area contributed by atoms with Crippen LogP contribution in [0.25, 0.3) is 0 Å². The van der Waals surface area contributed by atoms with Gasteiger partial charge in [-0.25, -0.2) is 0 Å². The molecule has 2 aliphatic heterocycles. The number of aromatic nitrogens is 2. The molecular formula is C21H26N4O2. The van der Waals surface area contributed by atoms with Crippen molar-refractivity contribution in [3.8, 4) is 0 Å². The monoisotopic (exact) mass is 366 g/mol. The fourth-order valence-electron chi connectivity index (χ4n) is 3.86. The molecular weight excluding hydrogens is 340 g/mol. The maximum atomic E-state index is 13.1. The molecule has 2 amide bonds. The Morgan fingerprint density at radius 3 is 2.48 bits per heavy atom. The highest BCUT2D eigenvalue weighted by atomic mass is 16.2. The molecule has 3 heterocycles. The third-order valence-corrected chi connectivity index (χ3v) is 5.44. The average molecular weight is 366 g/mol. The summed E-state index contributed by atoms with van der Waals surface area (Å²) in [4.78, 5) is 29.5. The standard InChI is InChI=1S/C21H26N4O2/c1-16-6-8-17(9-7-16)15-24-12-5-13-25-19(21(24)27)14-18(22-25)20(26)23-10-3-2-4-11-23/h6-9,14H,2-5,10-13,15H2,1H3. The van der Waals surface area contributed by atoms with Gasteiger partial charge in [0.25, 0.3) is 11.8 Å². The molecule has 1 aromatic carbocycles. The molecule has 0 N–H and O–H groups in total. The lowest BCUT2D eigenvalue weighted by Crippen LogP contribution is -2.36. The highest BCUT2D eigenvalue weighted by molar-refractivity contribution is 5.98. The van der Waals surface area contributed by atoms with Crippen LogP contribution in [0.2, 0.25) is 0 Å². The summed E-state index contributed by atoms with van der Waals surface area (Å²) in [5.74, 6) is -0.0913. The quantitative estimate of drug-likeness (QED) is 0.839. The van der Waals surface area contributed by atoms with E-state index in [1.807, 2.05) is 9.80 Å². The maximum Gasteiger partial charge on any atom is 0.274 e. The van der Waals surface area contributed by atoms with Crippen LogP contribution in [0.5, 0.6) is 0 Å². The first-order valence-corrected chi connectivity index (χ1v) is 9.84. The molecule has 142 valence electrons. The van der Waals surface area contributed by atoms with Crippen molar-refractivity contribution in [1.29, 1.82) is 0 Å². The Hall–Kier alpha value is -2.63. The van der Waals surface area contributed by atoms with Gasteiger partial charge < -0.3 is 9.80 Å². The van der Waals surface area contributed by atoms with Gasteiger partial charge in [-0.15, -0.1) is 0 Å². The van der Waals surface area contributed by atoms with Crippen LogP contribution in [0.3, 0.4) is 0 Å². The number of amides is 2. The fourth-order valence-corrected chi connectivity index (χ4v) is 3.86. The average Bonchev–Trinajstić information content (AvgIpc) is 3.06. The van der Waals surface area contributed by atoms with Gasteiger partial charge in [-0.2, -0.15) is 5.10 Å². The van der Waals surface area contributed by atoms with Crippen molar-refractivity contribution in [3.63, 3.8) is 0 Å². The highest BCUT2D eigenvalue weighted by Gasteiger charge is 2.28. The molecule has 2 aliphatic rings. The molecule has 0 saturated carbocycles. The number of nitrogens with zero attached hydrogens (tertiary/aromatic N) is 4. The number of piperidine rings is 1. The molecule has 27 heavy (non-hydrogen) atoms. The number of aryl methyl sites for hydroxylation is 2. The summed E-state index contributed by atoms with van der Waals surface area (Å²) in [6.07, 6.45) is 4.10. The first-order chi connectivity index (χ1) is 13.1. The van der Waals surface area contributed by atoms with Gasteiger partial charge in [0, 0.05) is 38.8 Å². The Labute approximate surface area is 159 Å². The summed E-state index contributed by atoms with van der Waals surface area (Å²) < 4.78 is 1.72. The van der Waals surface area contributed by atoms with Crippen LogP contribution < -0.4 is 0 Å². The number of hydrogen-bond acceptors (Lipinski definition) is 3. The Morgan fingerprint density at radius 1 is 1.00 bits per heavy atom. The van der Waals surface area contributed by atoms with Crippen LogP contribution in [0.4, 0.5) is 0 Å². The SMILES string of the molecule is Cc1ccc(CN2CCCn3nc(C(=O)N4CCCCC4)cc3C2=O)cc1. The second-order valence-corrected chi connectivity index (χ2v) is 7.56. The summed E-state index contributed by atoms with van der Waals surface area (Å²) in [6, 6.07) is 9.95. The van der Waals surface area contributed by atoms with Crippen LogP contribution >= 0.6 is 0 Å². The molecule has 2 aromatic rings. The van der Waals surface area contributed by atoms with Gasteiger partial charge in [0.15, 0.2) is 5.69 Å². The van der Waals surface area contributed by atoms with Crippen molar-refractivity contribution >= 4 is 11.8 Å². The molecule has 0 atom stereocenters. The molecule has 0 aliphatic carbocycles. The molecule has 0 unspecified atom stereocenters. The molecule has 1 saturated heterocycles. The van der Waals surface area contributed by atoms with Gasteiger partial charge in [-0.05, 0) is 38.2 Å². The van der Waals surface area contributed by atoms with Gasteiger partial charge in [0.05, 0.1) is 0 Å². The van der Waals surface area contributed by atoms with E-state index in [1.54, 1.807) is 10.7 Å². The first kappa shape index (κ1) is 17.8. The zero-order chi connectivity index (χ0) is 18.8. The van der Waals surface area contributed by atoms with E-state index in [2.05, 4.69) is 36.3 Å². The third kappa shape index (κ3) is 3.75.